The molecule has 2 saturated carbocycles. The standard InChI is InChI=1S/C21H31N3O/c1-16-7-10-20(22-15-16)24(19-5-3-2-4-6-19)21(25)17-11-13-23(14-12-17)18-8-9-18/h7,10,15,17-19H,2-6,8-9,11-14H2,1H3. The fraction of sp³-hybridized carbons (Fsp3) is 0.714. The summed E-state index contributed by atoms with van der Waals surface area (Å²) in [6.45, 7) is 4.25. The van der Waals surface area contributed by atoms with Crippen molar-refractivity contribution < 1.29 is 4.79 Å². The summed E-state index contributed by atoms with van der Waals surface area (Å²) in [7, 11) is 0. The molecule has 1 saturated heterocycles. The summed E-state index contributed by atoms with van der Waals surface area (Å²) in [6, 6.07) is 5.30. The molecule has 0 N–H and O–H groups in total. The zero-order valence-electron chi connectivity index (χ0n) is 15.5. The summed E-state index contributed by atoms with van der Waals surface area (Å²) in [5.74, 6) is 1.38. The molecule has 0 unspecified atom stereocenters. The molecule has 2 heterocycles. The fourth-order valence-corrected chi connectivity index (χ4v) is 4.57. The van der Waals surface area contributed by atoms with Crippen LogP contribution in [0.1, 0.15) is 63.4 Å². The second-order valence-electron chi connectivity index (χ2n) is 8.24. The fourth-order valence-electron chi connectivity index (χ4n) is 4.57. The summed E-state index contributed by atoms with van der Waals surface area (Å²) in [5.41, 5.74) is 1.15. The Morgan fingerprint density at radius 1 is 1.04 bits per heavy atom. The lowest BCUT2D eigenvalue weighted by Crippen LogP contribution is -2.48. The van der Waals surface area contributed by atoms with Crippen molar-refractivity contribution in [2.45, 2.75) is 76.8 Å². The van der Waals surface area contributed by atoms with Gasteiger partial charge in [0.05, 0.1) is 0 Å². The zero-order chi connectivity index (χ0) is 17.2. The number of carbonyl (C=O) groups excluding carboxylic acids is 1. The number of anilines is 1. The van der Waals surface area contributed by atoms with Crippen molar-refractivity contribution in [1.82, 2.24) is 9.88 Å². The lowest BCUT2D eigenvalue weighted by atomic mass is 9.90. The van der Waals surface area contributed by atoms with E-state index in [4.69, 9.17) is 0 Å². The highest BCUT2D eigenvalue weighted by atomic mass is 16.2. The van der Waals surface area contributed by atoms with Gasteiger partial charge in [0, 0.05) is 24.2 Å². The van der Waals surface area contributed by atoms with Crippen molar-refractivity contribution in [3.63, 3.8) is 0 Å². The molecule has 136 valence electrons. The Morgan fingerprint density at radius 2 is 1.76 bits per heavy atom. The number of rotatable bonds is 4. The van der Waals surface area contributed by atoms with Gasteiger partial charge >= 0.3 is 0 Å². The van der Waals surface area contributed by atoms with E-state index in [1.54, 1.807) is 0 Å². The lowest BCUT2D eigenvalue weighted by molar-refractivity contribution is -0.124. The van der Waals surface area contributed by atoms with Crippen LogP contribution in [0.25, 0.3) is 0 Å². The minimum atomic E-state index is 0.181. The maximum atomic E-state index is 13.4. The summed E-state index contributed by atoms with van der Waals surface area (Å²) in [4.78, 5) is 22.7. The highest BCUT2D eigenvalue weighted by molar-refractivity contribution is 5.94. The van der Waals surface area contributed by atoms with Gasteiger partial charge in [0.25, 0.3) is 0 Å². The summed E-state index contributed by atoms with van der Waals surface area (Å²) >= 11 is 0. The Balaban J connectivity index is 1.50. The monoisotopic (exact) mass is 341 g/mol. The quantitative estimate of drug-likeness (QED) is 0.832. The lowest BCUT2D eigenvalue weighted by Gasteiger charge is -2.38. The summed E-state index contributed by atoms with van der Waals surface area (Å²) < 4.78 is 0. The molecular weight excluding hydrogens is 310 g/mol. The molecule has 0 bridgehead atoms. The average molecular weight is 341 g/mol. The molecule has 3 fully saturated rings. The van der Waals surface area contributed by atoms with E-state index in [1.165, 1.54) is 32.1 Å². The van der Waals surface area contributed by atoms with Crippen LogP contribution in [0.15, 0.2) is 18.3 Å². The van der Waals surface area contributed by atoms with Crippen molar-refractivity contribution in [3.8, 4) is 0 Å². The maximum absolute atomic E-state index is 13.4. The Morgan fingerprint density at radius 3 is 2.36 bits per heavy atom. The molecule has 4 nitrogen and oxygen atoms in total. The number of nitrogens with zero attached hydrogens (tertiary/aromatic N) is 3. The molecule has 0 radical (unpaired) electrons. The highest BCUT2D eigenvalue weighted by Crippen LogP contribution is 2.33. The predicted octanol–water partition coefficient (Wildman–Crippen LogP) is 3.93. The molecule has 4 rings (SSSR count). The minimum absolute atomic E-state index is 0.181. The number of piperidine rings is 1. The Bertz CT molecular complexity index is 582. The number of aryl methyl sites for hydroxylation is 1. The van der Waals surface area contributed by atoms with E-state index in [0.29, 0.717) is 11.9 Å². The molecule has 3 aliphatic rings. The van der Waals surface area contributed by atoms with Crippen LogP contribution in [0.2, 0.25) is 0 Å². The van der Waals surface area contributed by atoms with Crippen LogP contribution in [0.5, 0.6) is 0 Å². The maximum Gasteiger partial charge on any atom is 0.231 e. The zero-order valence-corrected chi connectivity index (χ0v) is 15.5. The van der Waals surface area contributed by atoms with E-state index in [-0.39, 0.29) is 5.92 Å². The average Bonchev–Trinajstić information content (AvgIpc) is 3.50. The van der Waals surface area contributed by atoms with Gasteiger partial charge in [-0.3, -0.25) is 9.69 Å². The number of amides is 1. The first-order valence-electron chi connectivity index (χ1n) is 10.2. The van der Waals surface area contributed by atoms with E-state index >= 15 is 0 Å². The second kappa shape index (κ2) is 7.45. The number of hydrogen-bond donors (Lipinski definition) is 0. The molecule has 4 heteroatoms. The molecule has 0 atom stereocenters. The van der Waals surface area contributed by atoms with Crippen LogP contribution < -0.4 is 4.90 Å². The van der Waals surface area contributed by atoms with Gasteiger partial charge in [0.2, 0.25) is 5.91 Å². The van der Waals surface area contributed by atoms with E-state index in [2.05, 4.69) is 27.8 Å². The number of carbonyl (C=O) groups is 1. The van der Waals surface area contributed by atoms with E-state index in [0.717, 1.165) is 56.2 Å². The van der Waals surface area contributed by atoms with Crippen molar-refractivity contribution in [2.75, 3.05) is 18.0 Å². The van der Waals surface area contributed by atoms with Gasteiger partial charge in [-0.2, -0.15) is 0 Å². The van der Waals surface area contributed by atoms with Crippen molar-refractivity contribution >= 4 is 11.7 Å². The van der Waals surface area contributed by atoms with Crippen LogP contribution >= 0.6 is 0 Å². The Labute approximate surface area is 151 Å². The van der Waals surface area contributed by atoms with Gasteiger partial charge in [0.1, 0.15) is 5.82 Å². The largest absolute Gasteiger partial charge is 0.300 e. The normalized spacial score (nSPS) is 23.6. The first-order valence-corrected chi connectivity index (χ1v) is 10.2. The van der Waals surface area contributed by atoms with Gasteiger partial charge in [-0.15, -0.1) is 0 Å². The number of hydrogen-bond acceptors (Lipinski definition) is 3. The van der Waals surface area contributed by atoms with Crippen LogP contribution in [0.3, 0.4) is 0 Å². The molecule has 25 heavy (non-hydrogen) atoms. The molecule has 1 aromatic heterocycles. The van der Waals surface area contributed by atoms with Gasteiger partial charge in [0.15, 0.2) is 0 Å². The molecule has 1 aliphatic heterocycles. The van der Waals surface area contributed by atoms with Crippen LogP contribution in [0, 0.1) is 12.8 Å². The smallest absolute Gasteiger partial charge is 0.231 e. The molecule has 2 aliphatic carbocycles. The molecule has 1 amide bonds. The third-order valence-corrected chi connectivity index (χ3v) is 6.26. The van der Waals surface area contributed by atoms with Gasteiger partial charge in [-0.25, -0.2) is 4.98 Å². The van der Waals surface area contributed by atoms with Gasteiger partial charge < -0.3 is 4.90 Å². The minimum Gasteiger partial charge on any atom is -0.300 e. The third-order valence-electron chi connectivity index (χ3n) is 6.26. The van der Waals surface area contributed by atoms with Crippen molar-refractivity contribution in [2.24, 2.45) is 5.92 Å². The second-order valence-corrected chi connectivity index (χ2v) is 8.24. The Kier molecular flexibility index (Phi) is 5.07. The number of aromatic nitrogens is 1. The predicted molar refractivity (Wildman–Crippen MR) is 101 cm³/mol. The van der Waals surface area contributed by atoms with Crippen LogP contribution in [0.4, 0.5) is 5.82 Å². The van der Waals surface area contributed by atoms with E-state index < -0.39 is 0 Å². The number of pyridine rings is 1. The molecule has 1 aromatic rings. The van der Waals surface area contributed by atoms with Gasteiger partial charge in [-0.05, 0) is 70.2 Å². The highest BCUT2D eigenvalue weighted by Gasteiger charge is 2.37. The van der Waals surface area contributed by atoms with Gasteiger partial charge in [-0.1, -0.05) is 25.3 Å². The van der Waals surface area contributed by atoms with E-state index in [1.807, 2.05) is 12.3 Å². The first-order chi connectivity index (χ1) is 12.2. The topological polar surface area (TPSA) is 36.4 Å². The van der Waals surface area contributed by atoms with Crippen molar-refractivity contribution in [1.29, 1.82) is 0 Å². The first kappa shape index (κ1) is 17.0. The van der Waals surface area contributed by atoms with Crippen molar-refractivity contribution in [3.05, 3.63) is 23.9 Å². The van der Waals surface area contributed by atoms with Crippen LogP contribution in [-0.4, -0.2) is 41.0 Å². The number of likely N-dealkylation sites (tertiary alicyclic amines) is 1. The Hall–Kier alpha value is -1.42. The summed E-state index contributed by atoms with van der Waals surface area (Å²) in [5, 5.41) is 0. The molecular formula is C21H31N3O. The SMILES string of the molecule is Cc1ccc(N(C(=O)C2CCN(C3CC3)CC2)C2CCCCC2)nc1. The molecule has 0 spiro atoms. The summed E-state index contributed by atoms with van der Waals surface area (Å²) in [6.07, 6.45) is 12.7. The molecule has 0 aromatic carbocycles. The van der Waals surface area contributed by atoms with Crippen LogP contribution in [-0.2, 0) is 4.79 Å². The third kappa shape index (κ3) is 3.89. The van der Waals surface area contributed by atoms with E-state index in [9.17, 15) is 4.79 Å².